The van der Waals surface area contributed by atoms with E-state index in [1.165, 1.54) is 6.42 Å². The monoisotopic (exact) mass is 329 g/mol. The van der Waals surface area contributed by atoms with Gasteiger partial charge in [0.1, 0.15) is 5.92 Å². The molecule has 4 nitrogen and oxygen atoms in total. The van der Waals surface area contributed by atoms with Crippen LogP contribution in [0.5, 0.6) is 0 Å². The van der Waals surface area contributed by atoms with Gasteiger partial charge in [-0.25, -0.2) is 0 Å². The second kappa shape index (κ2) is 6.58. The number of carboxylic acid groups (broad SMARTS) is 1. The van der Waals surface area contributed by atoms with Gasteiger partial charge in [-0.2, -0.15) is 0 Å². The van der Waals surface area contributed by atoms with Crippen LogP contribution in [0.3, 0.4) is 0 Å². The summed E-state index contributed by atoms with van der Waals surface area (Å²) in [6.07, 6.45) is 6.99. The van der Waals surface area contributed by atoms with Gasteiger partial charge in [0.25, 0.3) is 5.91 Å². The summed E-state index contributed by atoms with van der Waals surface area (Å²) < 4.78 is 0. The van der Waals surface area contributed by atoms with Crippen LogP contribution in [-0.2, 0) is 4.79 Å². The van der Waals surface area contributed by atoms with Crippen molar-refractivity contribution < 1.29 is 14.7 Å². The summed E-state index contributed by atoms with van der Waals surface area (Å²) in [4.78, 5) is 27.5. The Morgan fingerprint density at radius 1 is 1.25 bits per heavy atom. The number of fused-ring (bicyclic) bond motifs is 1. The number of hydrogen-bond donors (Lipinski definition) is 1. The second-order valence-corrected chi connectivity index (χ2v) is 7.43. The number of hydrogen-bond acceptors (Lipinski definition) is 2. The number of carboxylic acids is 1. The topological polar surface area (TPSA) is 57.6 Å². The van der Waals surface area contributed by atoms with Crippen LogP contribution in [-0.4, -0.2) is 33.5 Å². The van der Waals surface area contributed by atoms with Gasteiger partial charge in [0.2, 0.25) is 0 Å². The molecule has 0 radical (unpaired) electrons. The molecular formula is C20H27NO3. The van der Waals surface area contributed by atoms with Gasteiger partial charge in [-0.3, -0.25) is 9.59 Å². The third kappa shape index (κ3) is 2.62. The minimum absolute atomic E-state index is 0.0194. The molecule has 1 amide bonds. The first-order valence-corrected chi connectivity index (χ1v) is 9.16. The van der Waals surface area contributed by atoms with Crippen molar-refractivity contribution in [1.82, 2.24) is 4.90 Å². The van der Waals surface area contributed by atoms with E-state index in [0.717, 1.165) is 32.1 Å². The zero-order valence-corrected chi connectivity index (χ0v) is 14.6. The molecule has 2 unspecified atom stereocenters. The van der Waals surface area contributed by atoms with E-state index in [4.69, 9.17) is 0 Å². The highest BCUT2D eigenvalue weighted by molar-refractivity contribution is 6.01. The first kappa shape index (κ1) is 17.0. The summed E-state index contributed by atoms with van der Waals surface area (Å²) in [6.45, 7) is 4.05. The Morgan fingerprint density at radius 2 is 1.92 bits per heavy atom. The summed E-state index contributed by atoms with van der Waals surface area (Å²) >= 11 is 0. The zero-order valence-electron chi connectivity index (χ0n) is 14.6. The Bertz CT molecular complexity index is 636. The van der Waals surface area contributed by atoms with Gasteiger partial charge in [-0.05, 0) is 37.8 Å². The molecule has 0 aromatic heterocycles. The van der Waals surface area contributed by atoms with Crippen molar-refractivity contribution in [2.45, 2.75) is 76.3 Å². The second-order valence-electron chi connectivity index (χ2n) is 7.43. The van der Waals surface area contributed by atoms with E-state index in [0.29, 0.717) is 17.5 Å². The van der Waals surface area contributed by atoms with Crippen molar-refractivity contribution in [2.24, 2.45) is 0 Å². The molecule has 0 spiro atoms. The highest BCUT2D eigenvalue weighted by atomic mass is 16.4. The molecule has 1 saturated carbocycles. The number of aliphatic carboxylic acids is 1. The molecular weight excluding hydrogens is 302 g/mol. The van der Waals surface area contributed by atoms with Crippen molar-refractivity contribution in [1.29, 1.82) is 0 Å². The van der Waals surface area contributed by atoms with Crippen molar-refractivity contribution >= 4 is 11.9 Å². The summed E-state index contributed by atoms with van der Waals surface area (Å²) in [7, 11) is 0. The van der Waals surface area contributed by atoms with E-state index in [2.05, 4.69) is 6.92 Å². The van der Waals surface area contributed by atoms with Crippen LogP contribution in [0.1, 0.15) is 80.6 Å². The highest BCUT2D eigenvalue weighted by Gasteiger charge is 2.53. The van der Waals surface area contributed by atoms with Crippen LogP contribution in [0.15, 0.2) is 24.3 Å². The summed E-state index contributed by atoms with van der Waals surface area (Å²) in [5.74, 6) is -1.47. The van der Waals surface area contributed by atoms with E-state index in [9.17, 15) is 14.7 Å². The minimum atomic E-state index is -0.827. The molecule has 0 saturated heterocycles. The van der Waals surface area contributed by atoms with Gasteiger partial charge < -0.3 is 10.0 Å². The third-order valence-corrected chi connectivity index (χ3v) is 5.84. The van der Waals surface area contributed by atoms with E-state index in [1.54, 1.807) is 6.07 Å². The third-order valence-electron chi connectivity index (χ3n) is 5.84. The molecule has 1 aliphatic carbocycles. The fraction of sp³-hybridized carbons (Fsp3) is 0.600. The van der Waals surface area contributed by atoms with Crippen LogP contribution in [0.25, 0.3) is 0 Å². The van der Waals surface area contributed by atoms with Gasteiger partial charge in [0, 0.05) is 11.6 Å². The number of rotatable bonds is 4. The van der Waals surface area contributed by atoms with E-state index >= 15 is 0 Å². The number of carbonyl (C=O) groups is 2. The molecule has 130 valence electrons. The standard InChI is InChI=1S/C20H27NO3/c1-3-13-20(2)17(19(23)24)15-11-7-8-12-16(15)18(22)21(20)14-9-5-4-6-10-14/h7-8,11-12,14,17H,3-6,9-10,13H2,1-2H3,(H,23,24). The first-order chi connectivity index (χ1) is 11.5. The largest absolute Gasteiger partial charge is 0.481 e. The van der Waals surface area contributed by atoms with Crippen molar-refractivity contribution in [3.05, 3.63) is 35.4 Å². The molecule has 1 N–H and O–H groups in total. The van der Waals surface area contributed by atoms with E-state index in [1.807, 2.05) is 30.0 Å². The Hall–Kier alpha value is -1.84. The average Bonchev–Trinajstić information content (AvgIpc) is 2.55. The lowest BCUT2D eigenvalue weighted by atomic mass is 9.70. The summed E-state index contributed by atoms with van der Waals surface area (Å²) in [5, 5.41) is 10.0. The molecule has 2 aliphatic rings. The van der Waals surface area contributed by atoms with E-state index < -0.39 is 17.4 Å². The van der Waals surface area contributed by atoms with Crippen LogP contribution < -0.4 is 0 Å². The number of benzene rings is 1. The maximum Gasteiger partial charge on any atom is 0.313 e. The van der Waals surface area contributed by atoms with Gasteiger partial charge >= 0.3 is 5.97 Å². The predicted octanol–water partition coefficient (Wildman–Crippen LogP) is 4.20. The maximum absolute atomic E-state index is 13.3. The van der Waals surface area contributed by atoms with Gasteiger partial charge in [0.15, 0.2) is 0 Å². The Kier molecular flexibility index (Phi) is 4.66. The zero-order chi connectivity index (χ0) is 17.3. The molecule has 24 heavy (non-hydrogen) atoms. The molecule has 0 bridgehead atoms. The van der Waals surface area contributed by atoms with Crippen LogP contribution in [0.4, 0.5) is 0 Å². The Morgan fingerprint density at radius 3 is 2.54 bits per heavy atom. The van der Waals surface area contributed by atoms with Gasteiger partial charge in [-0.15, -0.1) is 0 Å². The maximum atomic E-state index is 13.3. The van der Waals surface area contributed by atoms with E-state index in [-0.39, 0.29) is 11.9 Å². The SMILES string of the molecule is CCCC1(C)C(C(=O)O)c2ccccc2C(=O)N1C1CCCCC1. The number of nitrogens with zero attached hydrogens (tertiary/aromatic N) is 1. The fourth-order valence-corrected chi connectivity index (χ4v) is 4.87. The predicted molar refractivity (Wildman–Crippen MR) is 93.2 cm³/mol. The van der Waals surface area contributed by atoms with Gasteiger partial charge in [-0.1, -0.05) is 50.8 Å². The average molecular weight is 329 g/mol. The Labute approximate surface area is 143 Å². The molecule has 1 aliphatic heterocycles. The molecule has 2 atom stereocenters. The van der Waals surface area contributed by atoms with Gasteiger partial charge in [0.05, 0.1) is 5.54 Å². The smallest absolute Gasteiger partial charge is 0.313 e. The molecule has 3 rings (SSSR count). The molecule has 4 heteroatoms. The van der Waals surface area contributed by atoms with Crippen LogP contribution >= 0.6 is 0 Å². The summed E-state index contributed by atoms with van der Waals surface area (Å²) in [6, 6.07) is 7.44. The molecule has 1 aromatic carbocycles. The lowest BCUT2D eigenvalue weighted by molar-refractivity contribution is -0.143. The van der Waals surface area contributed by atoms with Crippen molar-refractivity contribution in [3.8, 4) is 0 Å². The van der Waals surface area contributed by atoms with Crippen molar-refractivity contribution in [2.75, 3.05) is 0 Å². The number of carbonyl (C=O) groups excluding carboxylic acids is 1. The first-order valence-electron chi connectivity index (χ1n) is 9.16. The number of amides is 1. The quantitative estimate of drug-likeness (QED) is 0.900. The lowest BCUT2D eigenvalue weighted by Crippen LogP contribution is -2.62. The normalized spacial score (nSPS) is 27.8. The van der Waals surface area contributed by atoms with Crippen LogP contribution in [0.2, 0.25) is 0 Å². The Balaban J connectivity index is 2.15. The molecule has 1 aromatic rings. The van der Waals surface area contributed by atoms with Crippen LogP contribution in [0, 0.1) is 0 Å². The summed E-state index contributed by atoms with van der Waals surface area (Å²) in [5.41, 5.74) is 0.593. The lowest BCUT2D eigenvalue weighted by Gasteiger charge is -2.53. The minimum Gasteiger partial charge on any atom is -0.481 e. The van der Waals surface area contributed by atoms with Crippen molar-refractivity contribution in [3.63, 3.8) is 0 Å². The molecule has 1 heterocycles. The molecule has 1 fully saturated rings. The fourth-order valence-electron chi connectivity index (χ4n) is 4.87. The highest BCUT2D eigenvalue weighted by Crippen LogP contribution is 2.46.